The third kappa shape index (κ3) is 4.07. The van der Waals surface area contributed by atoms with Crippen molar-refractivity contribution in [3.63, 3.8) is 0 Å². The molecule has 1 heterocycles. The molecule has 0 N–H and O–H groups in total. The molecule has 1 rings (SSSR count). The Morgan fingerprint density at radius 2 is 1.77 bits per heavy atom. The molecule has 0 bridgehead atoms. The molecule has 0 aromatic carbocycles. The van der Waals surface area contributed by atoms with Crippen molar-refractivity contribution < 1.29 is 14.2 Å². The Bertz CT molecular complexity index is 117. The second-order valence-electron chi connectivity index (χ2n) is 2.91. The van der Waals surface area contributed by atoms with E-state index in [0.717, 1.165) is 6.42 Å². The van der Waals surface area contributed by atoms with E-state index in [1.807, 2.05) is 20.8 Å². The quantitative estimate of drug-likeness (QED) is 0.665. The minimum Gasteiger partial charge on any atom is -0.379 e. The smallest absolute Gasteiger partial charge is 0.0855 e. The van der Waals surface area contributed by atoms with E-state index in [4.69, 9.17) is 14.2 Å². The van der Waals surface area contributed by atoms with Crippen LogP contribution in [0.4, 0.5) is 0 Å². The number of ether oxygens (including phenoxy) is 3. The number of hydrogen-bond acceptors (Lipinski definition) is 3. The van der Waals surface area contributed by atoms with Gasteiger partial charge in [0.25, 0.3) is 0 Å². The number of methoxy groups -OCH3 is 2. The van der Waals surface area contributed by atoms with E-state index in [9.17, 15) is 0 Å². The molecule has 0 unspecified atom stereocenters. The van der Waals surface area contributed by atoms with Gasteiger partial charge in [0.1, 0.15) is 0 Å². The molecule has 3 nitrogen and oxygen atoms in total. The van der Waals surface area contributed by atoms with Crippen molar-refractivity contribution in [3.05, 3.63) is 0 Å². The third-order valence-electron chi connectivity index (χ3n) is 2.20. The molecule has 0 aromatic rings. The maximum absolute atomic E-state index is 5.43. The largest absolute Gasteiger partial charge is 0.379 e. The van der Waals surface area contributed by atoms with Gasteiger partial charge in [-0.15, -0.1) is 0 Å². The zero-order valence-electron chi connectivity index (χ0n) is 9.37. The van der Waals surface area contributed by atoms with Gasteiger partial charge in [-0.3, -0.25) is 0 Å². The van der Waals surface area contributed by atoms with E-state index < -0.39 is 0 Å². The lowest BCUT2D eigenvalue weighted by Gasteiger charge is -2.32. The standard InChI is InChI=1S/C8H16O3.C2H6/c1-6-8(10-3)4-7(9-2)5-11-6;1-2/h6-8H,4-5H2,1-3H3;1-2H3/t6-,7+,8+;/m0./s1. The van der Waals surface area contributed by atoms with Gasteiger partial charge in [0.15, 0.2) is 0 Å². The highest BCUT2D eigenvalue weighted by Crippen LogP contribution is 2.18. The minimum absolute atomic E-state index is 0.189. The van der Waals surface area contributed by atoms with E-state index in [1.165, 1.54) is 0 Å². The van der Waals surface area contributed by atoms with Crippen LogP contribution < -0.4 is 0 Å². The van der Waals surface area contributed by atoms with Crippen molar-refractivity contribution in [3.8, 4) is 0 Å². The Hall–Kier alpha value is -0.120. The molecule has 3 atom stereocenters. The summed E-state index contributed by atoms with van der Waals surface area (Å²) in [7, 11) is 3.42. The lowest BCUT2D eigenvalue weighted by molar-refractivity contribution is -0.136. The Morgan fingerprint density at radius 3 is 2.23 bits per heavy atom. The zero-order chi connectivity index (χ0) is 10.3. The molecule has 1 saturated heterocycles. The summed E-state index contributed by atoms with van der Waals surface area (Å²) in [5, 5.41) is 0. The van der Waals surface area contributed by atoms with Gasteiger partial charge in [0.2, 0.25) is 0 Å². The molecule has 0 spiro atoms. The maximum Gasteiger partial charge on any atom is 0.0855 e. The Balaban J connectivity index is 0.000000671. The van der Waals surface area contributed by atoms with Crippen molar-refractivity contribution in [2.45, 2.75) is 45.5 Å². The summed E-state index contributed by atoms with van der Waals surface area (Å²) < 4.78 is 15.8. The van der Waals surface area contributed by atoms with E-state index >= 15 is 0 Å². The fraction of sp³-hybridized carbons (Fsp3) is 1.00. The average molecular weight is 190 g/mol. The van der Waals surface area contributed by atoms with Crippen LogP contribution in [0.25, 0.3) is 0 Å². The van der Waals surface area contributed by atoms with Gasteiger partial charge < -0.3 is 14.2 Å². The van der Waals surface area contributed by atoms with Gasteiger partial charge in [0.05, 0.1) is 24.9 Å². The van der Waals surface area contributed by atoms with E-state index in [-0.39, 0.29) is 18.3 Å². The topological polar surface area (TPSA) is 27.7 Å². The fourth-order valence-electron chi connectivity index (χ4n) is 1.34. The summed E-state index contributed by atoms with van der Waals surface area (Å²) in [6.07, 6.45) is 1.53. The fourth-order valence-corrected chi connectivity index (χ4v) is 1.34. The molecule has 1 fully saturated rings. The lowest BCUT2D eigenvalue weighted by Crippen LogP contribution is -2.41. The maximum atomic E-state index is 5.43. The van der Waals surface area contributed by atoms with Crippen molar-refractivity contribution >= 4 is 0 Å². The van der Waals surface area contributed by atoms with Crippen LogP contribution in [0.15, 0.2) is 0 Å². The van der Waals surface area contributed by atoms with Crippen LogP contribution in [0.3, 0.4) is 0 Å². The van der Waals surface area contributed by atoms with Crippen LogP contribution >= 0.6 is 0 Å². The summed E-state index contributed by atoms with van der Waals surface area (Å²) >= 11 is 0. The van der Waals surface area contributed by atoms with Crippen LogP contribution in [0.5, 0.6) is 0 Å². The zero-order valence-corrected chi connectivity index (χ0v) is 9.37. The molecule has 1 aliphatic heterocycles. The summed E-state index contributed by atoms with van der Waals surface area (Å²) in [4.78, 5) is 0. The number of hydrogen-bond donors (Lipinski definition) is 0. The molecule has 0 saturated carbocycles. The SMILES string of the molecule is CC.CO[C@H]1CO[C@@H](C)[C@H](OC)C1. The van der Waals surface area contributed by atoms with Crippen molar-refractivity contribution in [2.24, 2.45) is 0 Å². The first-order valence-corrected chi connectivity index (χ1v) is 4.95. The average Bonchev–Trinajstić information content (AvgIpc) is 2.22. The van der Waals surface area contributed by atoms with Crippen LogP contribution in [0, 0.1) is 0 Å². The highest BCUT2D eigenvalue weighted by Gasteiger charge is 2.27. The van der Waals surface area contributed by atoms with Gasteiger partial charge in [-0.25, -0.2) is 0 Å². The molecule has 13 heavy (non-hydrogen) atoms. The van der Waals surface area contributed by atoms with Gasteiger partial charge in [-0.2, -0.15) is 0 Å². The molecule has 0 radical (unpaired) electrons. The second kappa shape index (κ2) is 7.30. The molecule has 0 aromatic heterocycles. The Morgan fingerprint density at radius 1 is 1.15 bits per heavy atom. The van der Waals surface area contributed by atoms with Crippen LogP contribution in [0.1, 0.15) is 27.2 Å². The molecule has 3 heteroatoms. The molecule has 1 aliphatic rings. The van der Waals surface area contributed by atoms with Crippen molar-refractivity contribution in [1.29, 1.82) is 0 Å². The first kappa shape index (κ1) is 12.9. The first-order valence-electron chi connectivity index (χ1n) is 4.95. The van der Waals surface area contributed by atoms with Gasteiger partial charge in [-0.1, -0.05) is 13.8 Å². The van der Waals surface area contributed by atoms with Crippen LogP contribution in [-0.2, 0) is 14.2 Å². The Kier molecular flexibility index (Phi) is 7.23. The Labute approximate surface area is 81.4 Å². The predicted molar refractivity (Wildman–Crippen MR) is 53.0 cm³/mol. The highest BCUT2D eigenvalue weighted by atomic mass is 16.6. The van der Waals surface area contributed by atoms with Gasteiger partial charge in [0, 0.05) is 20.6 Å². The van der Waals surface area contributed by atoms with Gasteiger partial charge >= 0.3 is 0 Å². The first-order chi connectivity index (χ1) is 6.27. The van der Waals surface area contributed by atoms with Crippen LogP contribution in [-0.4, -0.2) is 39.1 Å². The second-order valence-corrected chi connectivity index (χ2v) is 2.91. The lowest BCUT2D eigenvalue weighted by atomic mass is 10.0. The predicted octanol–water partition coefficient (Wildman–Crippen LogP) is 1.85. The number of rotatable bonds is 2. The van der Waals surface area contributed by atoms with Crippen LogP contribution in [0.2, 0.25) is 0 Å². The molecule has 0 amide bonds. The van der Waals surface area contributed by atoms with Crippen molar-refractivity contribution in [2.75, 3.05) is 20.8 Å². The minimum atomic E-state index is 0.189. The van der Waals surface area contributed by atoms with E-state index in [2.05, 4.69) is 0 Å². The summed E-state index contributed by atoms with van der Waals surface area (Å²) in [6, 6.07) is 0. The third-order valence-corrected chi connectivity index (χ3v) is 2.20. The van der Waals surface area contributed by atoms with E-state index in [1.54, 1.807) is 14.2 Å². The van der Waals surface area contributed by atoms with Crippen molar-refractivity contribution in [1.82, 2.24) is 0 Å². The molecule has 0 aliphatic carbocycles. The summed E-state index contributed by atoms with van der Waals surface area (Å²) in [5.41, 5.74) is 0. The highest BCUT2D eigenvalue weighted by molar-refractivity contribution is 4.76. The van der Waals surface area contributed by atoms with Gasteiger partial charge in [-0.05, 0) is 6.92 Å². The summed E-state index contributed by atoms with van der Waals surface area (Å²) in [5.74, 6) is 0. The van der Waals surface area contributed by atoms with E-state index in [0.29, 0.717) is 6.61 Å². The molecular weight excluding hydrogens is 168 g/mol. The molecule has 80 valence electrons. The summed E-state index contributed by atoms with van der Waals surface area (Å²) in [6.45, 7) is 6.72. The normalized spacial score (nSPS) is 33.5. The monoisotopic (exact) mass is 190 g/mol. The molecular formula is C10H22O3.